The minimum atomic E-state index is -0.390. The molecule has 62 valence electrons. The zero-order valence-corrected chi connectivity index (χ0v) is 7.39. The lowest BCUT2D eigenvalue weighted by molar-refractivity contribution is 0.139. The minimum absolute atomic E-state index is 0.0833. The fourth-order valence-electron chi connectivity index (χ4n) is 0.878. The Labute approximate surface area is 63.4 Å². The van der Waals surface area contributed by atoms with Crippen molar-refractivity contribution in [3.8, 4) is 0 Å². The Kier molecular flexibility index (Phi) is 3.33. The van der Waals surface area contributed by atoms with E-state index in [2.05, 4.69) is 20.8 Å². The molecule has 0 aromatic heterocycles. The summed E-state index contributed by atoms with van der Waals surface area (Å²) in [5.74, 6) is 0. The standard InChI is InChI=1S/C8H19NO/c1-6(10)7(9)5-8(2,3)4/h6-7,10H,5,9H2,1-4H3/t6?,7-/m1/s1. The molecule has 0 saturated heterocycles. The predicted octanol–water partition coefficient (Wildman–Crippen LogP) is 1.13. The third-order valence-corrected chi connectivity index (χ3v) is 1.47. The molecule has 2 atom stereocenters. The summed E-state index contributed by atoms with van der Waals surface area (Å²) in [5, 5.41) is 9.06. The molecule has 0 spiro atoms. The van der Waals surface area contributed by atoms with E-state index in [-0.39, 0.29) is 17.6 Å². The van der Waals surface area contributed by atoms with E-state index in [1.807, 2.05) is 0 Å². The normalized spacial score (nSPS) is 18.6. The topological polar surface area (TPSA) is 46.2 Å². The third-order valence-electron chi connectivity index (χ3n) is 1.47. The van der Waals surface area contributed by atoms with Gasteiger partial charge >= 0.3 is 0 Å². The summed E-state index contributed by atoms with van der Waals surface area (Å²) >= 11 is 0. The van der Waals surface area contributed by atoms with E-state index in [4.69, 9.17) is 10.8 Å². The second-order valence-electron chi connectivity index (χ2n) is 4.17. The van der Waals surface area contributed by atoms with Crippen molar-refractivity contribution < 1.29 is 5.11 Å². The van der Waals surface area contributed by atoms with Gasteiger partial charge in [0.2, 0.25) is 0 Å². The third kappa shape index (κ3) is 4.77. The van der Waals surface area contributed by atoms with Gasteiger partial charge < -0.3 is 10.8 Å². The first kappa shape index (κ1) is 9.92. The molecule has 0 bridgehead atoms. The van der Waals surface area contributed by atoms with Crippen molar-refractivity contribution in [3.05, 3.63) is 0 Å². The Hall–Kier alpha value is -0.0800. The van der Waals surface area contributed by atoms with Crippen LogP contribution >= 0.6 is 0 Å². The molecule has 2 nitrogen and oxygen atoms in total. The van der Waals surface area contributed by atoms with Crippen LogP contribution in [-0.2, 0) is 0 Å². The highest BCUT2D eigenvalue weighted by Crippen LogP contribution is 2.20. The summed E-state index contributed by atoms with van der Waals surface area (Å²) in [6.07, 6.45) is 0.476. The smallest absolute Gasteiger partial charge is 0.0663 e. The molecule has 10 heavy (non-hydrogen) atoms. The summed E-state index contributed by atoms with van der Waals surface area (Å²) in [7, 11) is 0. The molecule has 3 N–H and O–H groups in total. The van der Waals surface area contributed by atoms with E-state index in [9.17, 15) is 0 Å². The number of hydrogen-bond donors (Lipinski definition) is 2. The molecule has 0 aromatic rings. The first-order valence-electron chi connectivity index (χ1n) is 3.76. The van der Waals surface area contributed by atoms with Gasteiger partial charge in [-0.1, -0.05) is 20.8 Å². The van der Waals surface area contributed by atoms with E-state index >= 15 is 0 Å². The van der Waals surface area contributed by atoms with Gasteiger partial charge in [-0.3, -0.25) is 0 Å². The van der Waals surface area contributed by atoms with Crippen LogP contribution < -0.4 is 5.73 Å². The molecule has 0 aromatic carbocycles. The van der Waals surface area contributed by atoms with Crippen molar-refractivity contribution >= 4 is 0 Å². The second-order valence-corrected chi connectivity index (χ2v) is 4.17. The fourth-order valence-corrected chi connectivity index (χ4v) is 0.878. The van der Waals surface area contributed by atoms with Crippen LogP contribution in [0.25, 0.3) is 0 Å². The highest BCUT2D eigenvalue weighted by Gasteiger charge is 2.18. The van der Waals surface area contributed by atoms with Crippen molar-refractivity contribution in [2.75, 3.05) is 0 Å². The summed E-state index contributed by atoms with van der Waals surface area (Å²) < 4.78 is 0. The van der Waals surface area contributed by atoms with Crippen LogP contribution in [0.5, 0.6) is 0 Å². The number of aliphatic hydroxyl groups excluding tert-OH is 1. The van der Waals surface area contributed by atoms with Crippen molar-refractivity contribution in [2.24, 2.45) is 11.1 Å². The number of aliphatic hydroxyl groups is 1. The first-order valence-corrected chi connectivity index (χ1v) is 3.76. The average Bonchev–Trinajstić information content (AvgIpc) is 1.60. The molecule has 0 heterocycles. The van der Waals surface area contributed by atoms with Crippen LogP contribution in [0.1, 0.15) is 34.1 Å². The molecule has 2 heteroatoms. The van der Waals surface area contributed by atoms with Gasteiger partial charge in [-0.25, -0.2) is 0 Å². The maximum absolute atomic E-state index is 9.06. The Bertz CT molecular complexity index is 93.9. The van der Waals surface area contributed by atoms with Gasteiger partial charge in [-0.15, -0.1) is 0 Å². The second kappa shape index (κ2) is 3.35. The monoisotopic (exact) mass is 145 g/mol. The van der Waals surface area contributed by atoms with E-state index in [0.29, 0.717) is 0 Å². The minimum Gasteiger partial charge on any atom is -0.392 e. The highest BCUT2D eigenvalue weighted by atomic mass is 16.3. The molecular formula is C8H19NO. The van der Waals surface area contributed by atoms with Crippen LogP contribution in [0.15, 0.2) is 0 Å². The van der Waals surface area contributed by atoms with Gasteiger partial charge in [0.25, 0.3) is 0 Å². The largest absolute Gasteiger partial charge is 0.392 e. The lowest BCUT2D eigenvalue weighted by Crippen LogP contribution is -2.35. The summed E-state index contributed by atoms with van der Waals surface area (Å²) in [6.45, 7) is 8.09. The molecule has 0 aliphatic carbocycles. The van der Waals surface area contributed by atoms with E-state index in [1.165, 1.54) is 0 Å². The number of nitrogens with two attached hydrogens (primary N) is 1. The van der Waals surface area contributed by atoms with Crippen molar-refractivity contribution in [2.45, 2.75) is 46.3 Å². The molecule has 0 aliphatic rings. The maximum atomic E-state index is 9.06. The quantitative estimate of drug-likeness (QED) is 0.612. The molecule has 0 aliphatic heterocycles. The van der Waals surface area contributed by atoms with Crippen LogP contribution in [0.4, 0.5) is 0 Å². The van der Waals surface area contributed by atoms with Crippen LogP contribution in [0.3, 0.4) is 0 Å². The SMILES string of the molecule is CC(O)[C@H](N)CC(C)(C)C. The lowest BCUT2D eigenvalue weighted by atomic mass is 9.87. The number of rotatable bonds is 2. The van der Waals surface area contributed by atoms with E-state index < -0.39 is 0 Å². The van der Waals surface area contributed by atoms with Gasteiger partial charge in [-0.2, -0.15) is 0 Å². The molecular weight excluding hydrogens is 126 g/mol. The van der Waals surface area contributed by atoms with Gasteiger partial charge in [0.05, 0.1) is 6.10 Å². The maximum Gasteiger partial charge on any atom is 0.0663 e. The first-order chi connectivity index (χ1) is 4.33. The van der Waals surface area contributed by atoms with Gasteiger partial charge in [-0.05, 0) is 18.8 Å². The summed E-state index contributed by atoms with van der Waals surface area (Å²) in [5.41, 5.74) is 5.87. The Morgan fingerprint density at radius 1 is 1.40 bits per heavy atom. The zero-order chi connectivity index (χ0) is 8.36. The Morgan fingerprint density at radius 2 is 1.80 bits per heavy atom. The Morgan fingerprint density at radius 3 is 1.90 bits per heavy atom. The predicted molar refractivity (Wildman–Crippen MR) is 43.7 cm³/mol. The summed E-state index contributed by atoms with van der Waals surface area (Å²) in [6, 6.07) is -0.0833. The molecule has 0 rings (SSSR count). The van der Waals surface area contributed by atoms with Crippen molar-refractivity contribution in [1.82, 2.24) is 0 Å². The van der Waals surface area contributed by atoms with Crippen molar-refractivity contribution in [1.29, 1.82) is 0 Å². The van der Waals surface area contributed by atoms with E-state index in [1.54, 1.807) is 6.92 Å². The fraction of sp³-hybridized carbons (Fsp3) is 1.00. The van der Waals surface area contributed by atoms with Crippen LogP contribution in [-0.4, -0.2) is 17.3 Å². The molecule has 0 fully saturated rings. The molecule has 0 radical (unpaired) electrons. The van der Waals surface area contributed by atoms with Crippen LogP contribution in [0.2, 0.25) is 0 Å². The highest BCUT2D eigenvalue weighted by molar-refractivity contribution is 4.74. The zero-order valence-electron chi connectivity index (χ0n) is 7.39. The average molecular weight is 145 g/mol. The van der Waals surface area contributed by atoms with Gasteiger partial charge in [0.1, 0.15) is 0 Å². The van der Waals surface area contributed by atoms with Crippen molar-refractivity contribution in [3.63, 3.8) is 0 Å². The molecule has 0 saturated carbocycles. The summed E-state index contributed by atoms with van der Waals surface area (Å²) in [4.78, 5) is 0. The number of hydrogen-bond acceptors (Lipinski definition) is 2. The van der Waals surface area contributed by atoms with Crippen LogP contribution in [0, 0.1) is 5.41 Å². The molecule has 1 unspecified atom stereocenters. The van der Waals surface area contributed by atoms with Gasteiger partial charge in [0.15, 0.2) is 0 Å². The molecule has 0 amide bonds. The lowest BCUT2D eigenvalue weighted by Gasteiger charge is -2.24. The van der Waals surface area contributed by atoms with E-state index in [0.717, 1.165) is 6.42 Å². The Balaban J connectivity index is 3.68. The van der Waals surface area contributed by atoms with Gasteiger partial charge in [0, 0.05) is 6.04 Å².